The lowest BCUT2D eigenvalue weighted by Crippen LogP contribution is -2.36. The Bertz CT molecular complexity index is 725. The van der Waals surface area contributed by atoms with Gasteiger partial charge in [0, 0.05) is 42.6 Å². The van der Waals surface area contributed by atoms with E-state index in [1.54, 1.807) is 0 Å². The topological polar surface area (TPSA) is 52.6 Å². The molecule has 2 N–H and O–H groups in total. The third-order valence-electron chi connectivity index (χ3n) is 4.67. The summed E-state index contributed by atoms with van der Waals surface area (Å²) in [5.74, 6) is 1.92. The van der Waals surface area contributed by atoms with Gasteiger partial charge in [-0.1, -0.05) is 6.92 Å². The van der Waals surface area contributed by atoms with E-state index in [1.807, 2.05) is 24.6 Å². The first kappa shape index (κ1) is 21.9. The largest absolute Gasteiger partial charge is 0.357 e. The van der Waals surface area contributed by atoms with E-state index in [1.165, 1.54) is 34.6 Å². The molecule has 5 nitrogen and oxygen atoms in total. The van der Waals surface area contributed by atoms with E-state index in [-0.39, 0.29) is 24.0 Å². The van der Waals surface area contributed by atoms with Gasteiger partial charge in [0.25, 0.3) is 0 Å². The number of anilines is 1. The van der Waals surface area contributed by atoms with Crippen molar-refractivity contribution in [1.29, 1.82) is 0 Å². The molecule has 148 valence electrons. The Morgan fingerprint density at radius 3 is 2.56 bits per heavy atom. The van der Waals surface area contributed by atoms with Crippen molar-refractivity contribution in [1.82, 2.24) is 15.6 Å². The van der Waals surface area contributed by atoms with Crippen molar-refractivity contribution >= 4 is 47.1 Å². The predicted octanol–water partition coefficient (Wildman–Crippen LogP) is 4.18. The zero-order chi connectivity index (χ0) is 18.2. The van der Waals surface area contributed by atoms with Crippen LogP contribution in [0.1, 0.15) is 41.5 Å². The van der Waals surface area contributed by atoms with Crippen LogP contribution in [-0.4, -0.2) is 31.1 Å². The maximum Gasteiger partial charge on any atom is 0.191 e. The summed E-state index contributed by atoms with van der Waals surface area (Å²) in [6.45, 7) is 5.98. The highest BCUT2D eigenvalue weighted by Crippen LogP contribution is 2.18. The third-order valence-corrected chi connectivity index (χ3v) is 5.90. The van der Waals surface area contributed by atoms with E-state index >= 15 is 0 Å². The maximum absolute atomic E-state index is 4.55. The van der Waals surface area contributed by atoms with Crippen LogP contribution in [0, 0.1) is 0 Å². The fourth-order valence-corrected chi connectivity index (χ4v) is 4.05. The number of aliphatic imine (C=N–C) groups is 1. The normalized spacial score (nSPS) is 14.6. The number of nitrogens with one attached hydrogen (secondary N) is 2. The van der Waals surface area contributed by atoms with Gasteiger partial charge < -0.3 is 15.5 Å². The minimum atomic E-state index is 0. The molecule has 0 amide bonds. The van der Waals surface area contributed by atoms with Gasteiger partial charge in [0.2, 0.25) is 0 Å². The molecular weight excluding hydrogens is 469 g/mol. The predicted molar refractivity (Wildman–Crippen MR) is 126 cm³/mol. The van der Waals surface area contributed by atoms with Crippen LogP contribution < -0.4 is 15.5 Å². The fourth-order valence-electron chi connectivity index (χ4n) is 3.15. The number of guanidine groups is 1. The fraction of sp³-hybridized carbons (Fsp3) is 0.500. The Labute approximate surface area is 183 Å². The van der Waals surface area contributed by atoms with Crippen molar-refractivity contribution < 1.29 is 0 Å². The van der Waals surface area contributed by atoms with E-state index < -0.39 is 0 Å². The second-order valence-corrected chi connectivity index (χ2v) is 7.82. The van der Waals surface area contributed by atoms with Crippen molar-refractivity contribution in [3.63, 3.8) is 0 Å². The Morgan fingerprint density at radius 2 is 1.85 bits per heavy atom. The van der Waals surface area contributed by atoms with E-state index in [0.29, 0.717) is 0 Å². The standard InChI is InChI=1S/C20H29N5S.HI/c1-3-17-7-8-18(26-17)15-24-20(21-2)23-14-16-9-10-22-19(13-16)25-11-5-4-6-12-25;/h7-10,13H,3-6,11-12,14-15H2,1-2H3,(H2,21,23,24);1H. The molecule has 1 saturated heterocycles. The molecule has 0 unspecified atom stereocenters. The highest BCUT2D eigenvalue weighted by molar-refractivity contribution is 14.0. The van der Waals surface area contributed by atoms with E-state index in [9.17, 15) is 0 Å². The number of aryl methyl sites for hydroxylation is 1. The van der Waals surface area contributed by atoms with Gasteiger partial charge >= 0.3 is 0 Å². The lowest BCUT2D eigenvalue weighted by Gasteiger charge is -2.28. The van der Waals surface area contributed by atoms with Crippen molar-refractivity contribution in [3.8, 4) is 0 Å². The summed E-state index contributed by atoms with van der Waals surface area (Å²) in [5.41, 5.74) is 1.23. The van der Waals surface area contributed by atoms with Crippen LogP contribution in [0.15, 0.2) is 35.5 Å². The number of nitrogens with zero attached hydrogens (tertiary/aromatic N) is 3. The van der Waals surface area contributed by atoms with Crippen LogP contribution in [0.25, 0.3) is 0 Å². The molecule has 7 heteroatoms. The Hall–Kier alpha value is -1.35. The van der Waals surface area contributed by atoms with Gasteiger partial charge in [-0.25, -0.2) is 4.98 Å². The van der Waals surface area contributed by atoms with E-state index in [4.69, 9.17) is 0 Å². The van der Waals surface area contributed by atoms with Crippen molar-refractivity contribution in [3.05, 3.63) is 45.8 Å². The maximum atomic E-state index is 4.55. The molecule has 2 aromatic rings. The van der Waals surface area contributed by atoms with Crippen molar-refractivity contribution in [2.24, 2.45) is 4.99 Å². The van der Waals surface area contributed by atoms with Crippen LogP contribution in [0.3, 0.4) is 0 Å². The molecule has 0 saturated carbocycles. The monoisotopic (exact) mass is 499 g/mol. The van der Waals surface area contributed by atoms with Gasteiger partial charge in [0.15, 0.2) is 5.96 Å². The van der Waals surface area contributed by atoms with Gasteiger partial charge in [-0.2, -0.15) is 0 Å². The summed E-state index contributed by atoms with van der Waals surface area (Å²) in [6, 6.07) is 8.66. The number of hydrogen-bond acceptors (Lipinski definition) is 4. The molecule has 3 rings (SSSR count). The Kier molecular flexibility index (Phi) is 9.33. The first-order valence-corrected chi connectivity index (χ1v) is 10.3. The third kappa shape index (κ3) is 6.64. The van der Waals surface area contributed by atoms with Crippen molar-refractivity contribution in [2.75, 3.05) is 25.0 Å². The minimum absolute atomic E-state index is 0. The van der Waals surface area contributed by atoms with Crippen LogP contribution in [-0.2, 0) is 19.5 Å². The van der Waals surface area contributed by atoms with E-state index in [2.05, 4.69) is 56.7 Å². The highest BCUT2D eigenvalue weighted by atomic mass is 127. The Balaban J connectivity index is 0.00000261. The molecule has 0 aromatic carbocycles. The first-order valence-electron chi connectivity index (χ1n) is 9.50. The molecule has 0 radical (unpaired) electrons. The summed E-state index contributed by atoms with van der Waals surface area (Å²) in [5, 5.41) is 6.80. The number of hydrogen-bond donors (Lipinski definition) is 2. The van der Waals surface area contributed by atoms with E-state index in [0.717, 1.165) is 44.4 Å². The van der Waals surface area contributed by atoms with Gasteiger partial charge in [0.1, 0.15) is 5.82 Å². The molecule has 1 aliphatic rings. The molecular formula is C20H30IN5S. The van der Waals surface area contributed by atoms with Crippen LogP contribution in [0.4, 0.5) is 5.82 Å². The highest BCUT2D eigenvalue weighted by Gasteiger charge is 2.12. The smallest absolute Gasteiger partial charge is 0.191 e. The molecule has 27 heavy (non-hydrogen) atoms. The number of halogens is 1. The van der Waals surface area contributed by atoms with Gasteiger partial charge in [0.05, 0.1) is 6.54 Å². The number of pyridine rings is 1. The summed E-state index contributed by atoms with van der Waals surface area (Å²) in [7, 11) is 1.81. The van der Waals surface area contributed by atoms with Crippen LogP contribution in [0.2, 0.25) is 0 Å². The number of thiophene rings is 1. The number of piperidine rings is 1. The summed E-state index contributed by atoms with van der Waals surface area (Å²) in [6.07, 6.45) is 6.88. The van der Waals surface area contributed by atoms with Crippen LogP contribution >= 0.6 is 35.3 Å². The van der Waals surface area contributed by atoms with Gasteiger partial charge in [-0.3, -0.25) is 4.99 Å². The molecule has 3 heterocycles. The molecule has 1 fully saturated rings. The van der Waals surface area contributed by atoms with Crippen LogP contribution in [0.5, 0.6) is 0 Å². The summed E-state index contributed by atoms with van der Waals surface area (Å²) >= 11 is 1.86. The lowest BCUT2D eigenvalue weighted by atomic mass is 10.1. The first-order chi connectivity index (χ1) is 12.8. The lowest BCUT2D eigenvalue weighted by molar-refractivity contribution is 0.573. The molecule has 0 atom stereocenters. The molecule has 2 aromatic heterocycles. The quantitative estimate of drug-likeness (QED) is 0.356. The Morgan fingerprint density at radius 1 is 1.11 bits per heavy atom. The average molecular weight is 499 g/mol. The molecule has 0 aliphatic carbocycles. The summed E-state index contributed by atoms with van der Waals surface area (Å²) in [4.78, 5) is 14.0. The minimum Gasteiger partial charge on any atom is -0.357 e. The number of aromatic nitrogens is 1. The second kappa shape index (κ2) is 11.5. The molecule has 0 spiro atoms. The van der Waals surface area contributed by atoms with Crippen molar-refractivity contribution in [2.45, 2.75) is 45.7 Å². The zero-order valence-electron chi connectivity index (χ0n) is 16.2. The molecule has 1 aliphatic heterocycles. The second-order valence-electron chi connectivity index (χ2n) is 6.57. The summed E-state index contributed by atoms with van der Waals surface area (Å²) < 4.78 is 0. The zero-order valence-corrected chi connectivity index (χ0v) is 19.3. The SMILES string of the molecule is CCc1ccc(CNC(=NC)NCc2ccnc(N3CCCCC3)c2)s1.I. The molecule has 0 bridgehead atoms. The number of rotatable bonds is 6. The van der Waals surface area contributed by atoms with Gasteiger partial charge in [-0.05, 0) is 55.5 Å². The van der Waals surface area contributed by atoms with Gasteiger partial charge in [-0.15, -0.1) is 35.3 Å². The average Bonchev–Trinajstić information content (AvgIpc) is 3.17.